The highest BCUT2D eigenvalue weighted by Crippen LogP contribution is 2.35. The van der Waals surface area contributed by atoms with E-state index in [0.717, 1.165) is 26.5 Å². The third-order valence-corrected chi connectivity index (χ3v) is 6.68. The quantitative estimate of drug-likeness (QED) is 0.501. The lowest BCUT2D eigenvalue weighted by atomic mass is 10.1. The topological polar surface area (TPSA) is 93.2 Å². The van der Waals surface area contributed by atoms with Gasteiger partial charge in [0, 0.05) is 48.8 Å². The SMILES string of the molecule is CN(C)S(=O)(=O)N[C@@H]1Cc2c(n(Cc3cccc(F)n3)c3ccc(N)cc23)C1. The predicted molar refractivity (Wildman–Crippen MR) is 107 cm³/mol. The zero-order chi connectivity index (χ0) is 20.1. The minimum Gasteiger partial charge on any atom is -0.399 e. The van der Waals surface area contributed by atoms with Crippen LogP contribution in [0.3, 0.4) is 0 Å². The van der Waals surface area contributed by atoms with Crippen LogP contribution in [0.4, 0.5) is 10.1 Å². The van der Waals surface area contributed by atoms with Crippen molar-refractivity contribution in [2.45, 2.75) is 25.4 Å². The maximum atomic E-state index is 13.5. The number of nitrogens with one attached hydrogen (secondary N) is 1. The van der Waals surface area contributed by atoms with Gasteiger partial charge < -0.3 is 10.3 Å². The van der Waals surface area contributed by atoms with Gasteiger partial charge in [0.15, 0.2) is 0 Å². The normalized spacial score (nSPS) is 16.8. The monoisotopic (exact) mass is 403 g/mol. The van der Waals surface area contributed by atoms with Gasteiger partial charge in [-0.15, -0.1) is 0 Å². The summed E-state index contributed by atoms with van der Waals surface area (Å²) in [6, 6.07) is 10.2. The summed E-state index contributed by atoms with van der Waals surface area (Å²) >= 11 is 0. The van der Waals surface area contributed by atoms with Crippen molar-refractivity contribution in [2.75, 3.05) is 19.8 Å². The molecule has 0 fully saturated rings. The molecule has 0 spiro atoms. The minimum atomic E-state index is -3.53. The van der Waals surface area contributed by atoms with E-state index in [1.165, 1.54) is 20.2 Å². The lowest BCUT2D eigenvalue weighted by Crippen LogP contribution is -2.42. The predicted octanol–water partition coefficient (Wildman–Crippen LogP) is 1.67. The summed E-state index contributed by atoms with van der Waals surface area (Å²) < 4.78 is 44.0. The van der Waals surface area contributed by atoms with Crippen LogP contribution in [0.15, 0.2) is 36.4 Å². The zero-order valence-electron chi connectivity index (χ0n) is 15.7. The number of rotatable bonds is 5. The second-order valence-electron chi connectivity index (χ2n) is 7.25. The van der Waals surface area contributed by atoms with Crippen molar-refractivity contribution in [3.05, 3.63) is 59.3 Å². The highest BCUT2D eigenvalue weighted by atomic mass is 32.2. The molecule has 4 rings (SSSR count). The summed E-state index contributed by atoms with van der Waals surface area (Å²) in [5, 5.41) is 0.998. The molecule has 9 heteroatoms. The van der Waals surface area contributed by atoms with Gasteiger partial charge in [-0.2, -0.15) is 21.8 Å². The number of anilines is 1. The number of hydrogen-bond acceptors (Lipinski definition) is 4. The van der Waals surface area contributed by atoms with Crippen LogP contribution in [-0.2, 0) is 29.6 Å². The Bertz CT molecular complexity index is 1160. The number of benzene rings is 1. The fraction of sp³-hybridized carbons (Fsp3) is 0.316. The maximum absolute atomic E-state index is 13.5. The molecule has 7 nitrogen and oxygen atoms in total. The lowest BCUT2D eigenvalue weighted by molar-refractivity contribution is 0.487. The molecule has 2 heterocycles. The molecule has 0 bridgehead atoms. The smallest absolute Gasteiger partial charge is 0.279 e. The van der Waals surface area contributed by atoms with Crippen LogP contribution >= 0.6 is 0 Å². The first-order valence-corrected chi connectivity index (χ1v) is 10.4. The van der Waals surface area contributed by atoms with Crippen molar-refractivity contribution < 1.29 is 12.8 Å². The van der Waals surface area contributed by atoms with E-state index < -0.39 is 16.2 Å². The van der Waals surface area contributed by atoms with Crippen LogP contribution in [0, 0.1) is 5.95 Å². The third kappa shape index (κ3) is 3.36. The van der Waals surface area contributed by atoms with E-state index in [1.54, 1.807) is 12.1 Å². The van der Waals surface area contributed by atoms with Crippen LogP contribution in [0.2, 0.25) is 0 Å². The number of nitrogens with two attached hydrogens (primary N) is 1. The first-order chi connectivity index (χ1) is 13.2. The van der Waals surface area contributed by atoms with Crippen LogP contribution in [0.1, 0.15) is 17.0 Å². The van der Waals surface area contributed by atoms with Gasteiger partial charge in [-0.05, 0) is 42.3 Å². The van der Waals surface area contributed by atoms with Crippen molar-refractivity contribution in [1.29, 1.82) is 0 Å². The molecule has 28 heavy (non-hydrogen) atoms. The minimum absolute atomic E-state index is 0.241. The first-order valence-electron chi connectivity index (χ1n) is 8.95. The molecule has 1 atom stereocenters. The molecule has 0 aliphatic heterocycles. The molecule has 1 aliphatic carbocycles. The third-order valence-electron chi connectivity index (χ3n) is 5.09. The van der Waals surface area contributed by atoms with E-state index in [2.05, 4.69) is 14.3 Å². The number of halogens is 1. The second-order valence-corrected chi connectivity index (χ2v) is 9.17. The summed E-state index contributed by atoms with van der Waals surface area (Å²) in [6.45, 7) is 0.403. The number of fused-ring (bicyclic) bond motifs is 3. The molecule has 0 saturated carbocycles. The van der Waals surface area contributed by atoms with E-state index in [9.17, 15) is 12.8 Å². The Kier molecular flexibility index (Phi) is 4.60. The Morgan fingerprint density at radius 3 is 2.79 bits per heavy atom. The molecule has 2 aromatic heterocycles. The molecular formula is C19H22FN5O2S. The van der Waals surface area contributed by atoms with Gasteiger partial charge in [0.1, 0.15) is 0 Å². The van der Waals surface area contributed by atoms with Crippen molar-refractivity contribution in [2.24, 2.45) is 0 Å². The van der Waals surface area contributed by atoms with Crippen molar-refractivity contribution in [3.63, 3.8) is 0 Å². The number of aromatic nitrogens is 2. The van der Waals surface area contributed by atoms with Gasteiger partial charge in [0.05, 0.1) is 12.2 Å². The van der Waals surface area contributed by atoms with E-state index in [4.69, 9.17) is 5.73 Å². The van der Waals surface area contributed by atoms with Gasteiger partial charge in [-0.25, -0.2) is 4.98 Å². The average molecular weight is 403 g/mol. The molecule has 3 N–H and O–H groups in total. The number of hydrogen-bond donors (Lipinski definition) is 2. The van der Waals surface area contributed by atoms with Crippen molar-refractivity contribution in [1.82, 2.24) is 18.6 Å². The molecular weight excluding hydrogens is 381 g/mol. The fourth-order valence-electron chi connectivity index (χ4n) is 3.79. The Labute approximate surface area is 163 Å². The number of nitrogens with zero attached hydrogens (tertiary/aromatic N) is 3. The molecule has 0 amide bonds. The van der Waals surface area contributed by atoms with Crippen molar-refractivity contribution in [3.8, 4) is 0 Å². The summed E-state index contributed by atoms with van der Waals surface area (Å²) in [6.07, 6.45) is 1.12. The summed E-state index contributed by atoms with van der Waals surface area (Å²) in [7, 11) is -0.536. The van der Waals surface area contributed by atoms with Gasteiger partial charge in [-0.3, -0.25) is 0 Å². The standard InChI is InChI=1S/C19H22FN5O2S/c1-24(2)28(26,27)23-14-9-16-15-8-12(21)6-7-17(15)25(18(16)10-14)11-13-4-3-5-19(20)22-13/h3-8,14,23H,9-11,21H2,1-2H3/t14-/m1/s1. The van der Waals surface area contributed by atoms with Gasteiger partial charge in [0.25, 0.3) is 10.2 Å². The average Bonchev–Trinajstić information content (AvgIpc) is 3.13. The Morgan fingerprint density at radius 2 is 2.07 bits per heavy atom. The number of pyridine rings is 1. The molecule has 0 unspecified atom stereocenters. The fourth-order valence-corrected chi connectivity index (χ4v) is 4.59. The van der Waals surface area contributed by atoms with E-state index in [0.29, 0.717) is 30.8 Å². The molecule has 1 aromatic carbocycles. The van der Waals surface area contributed by atoms with Crippen molar-refractivity contribution >= 4 is 26.8 Å². The Balaban J connectivity index is 1.75. The maximum Gasteiger partial charge on any atom is 0.279 e. The van der Waals surface area contributed by atoms with Crippen LogP contribution in [0.25, 0.3) is 10.9 Å². The highest BCUT2D eigenvalue weighted by Gasteiger charge is 2.31. The van der Waals surface area contributed by atoms with Gasteiger partial charge in [-0.1, -0.05) is 6.07 Å². The van der Waals surface area contributed by atoms with Gasteiger partial charge in [0.2, 0.25) is 5.95 Å². The summed E-state index contributed by atoms with van der Waals surface area (Å²) in [5.74, 6) is -0.522. The van der Waals surface area contributed by atoms with Crippen LogP contribution in [-0.4, -0.2) is 42.4 Å². The van der Waals surface area contributed by atoms with Crippen LogP contribution in [0.5, 0.6) is 0 Å². The lowest BCUT2D eigenvalue weighted by Gasteiger charge is -2.18. The largest absolute Gasteiger partial charge is 0.399 e. The van der Waals surface area contributed by atoms with E-state index in [-0.39, 0.29) is 6.04 Å². The summed E-state index contributed by atoms with van der Waals surface area (Å²) in [4.78, 5) is 3.97. The van der Waals surface area contributed by atoms with E-state index >= 15 is 0 Å². The highest BCUT2D eigenvalue weighted by molar-refractivity contribution is 7.87. The molecule has 148 valence electrons. The molecule has 0 saturated heterocycles. The molecule has 3 aromatic rings. The number of nitrogen functional groups attached to an aromatic ring is 1. The Hall–Kier alpha value is -2.49. The second kappa shape index (κ2) is 6.84. The molecule has 0 radical (unpaired) electrons. The zero-order valence-corrected chi connectivity index (χ0v) is 16.5. The molecule has 1 aliphatic rings. The van der Waals surface area contributed by atoms with E-state index in [1.807, 2.05) is 18.2 Å². The first kappa shape index (κ1) is 18.9. The van der Waals surface area contributed by atoms with Gasteiger partial charge >= 0.3 is 0 Å². The summed E-state index contributed by atoms with van der Waals surface area (Å²) in [5.41, 5.74) is 10.3. The Morgan fingerprint density at radius 1 is 1.29 bits per heavy atom. The van der Waals surface area contributed by atoms with Crippen LogP contribution < -0.4 is 10.5 Å².